The molecular formula is C11H9F2N3O3S. The van der Waals surface area contributed by atoms with Gasteiger partial charge in [0.25, 0.3) is 5.69 Å². The standard InChI is InChI=1S/C11H9F2N3O3S/c12-8-1-7(16(18)19)2-9(13)11(8)14-3-10-15-6(4-17)5-20-10/h1-2,5,14,17H,3-4H2. The van der Waals surface area contributed by atoms with Crippen molar-refractivity contribution in [1.29, 1.82) is 0 Å². The number of hydrogen-bond donors (Lipinski definition) is 2. The van der Waals surface area contributed by atoms with E-state index in [1.165, 1.54) is 11.3 Å². The van der Waals surface area contributed by atoms with E-state index in [0.29, 0.717) is 22.8 Å². The molecule has 0 aliphatic heterocycles. The van der Waals surface area contributed by atoms with Gasteiger partial charge >= 0.3 is 0 Å². The molecule has 0 saturated carbocycles. The number of nitro benzene ring substituents is 1. The second kappa shape index (κ2) is 5.88. The smallest absolute Gasteiger partial charge is 0.275 e. The van der Waals surface area contributed by atoms with Crippen molar-refractivity contribution in [2.24, 2.45) is 0 Å². The normalized spacial score (nSPS) is 10.6. The average molecular weight is 301 g/mol. The fraction of sp³-hybridized carbons (Fsp3) is 0.182. The fourth-order valence-electron chi connectivity index (χ4n) is 1.50. The number of non-ortho nitro benzene ring substituents is 1. The van der Waals surface area contributed by atoms with Crippen LogP contribution in [0.4, 0.5) is 20.2 Å². The van der Waals surface area contributed by atoms with Gasteiger partial charge in [-0.25, -0.2) is 13.8 Å². The van der Waals surface area contributed by atoms with Crippen LogP contribution in [0, 0.1) is 21.7 Å². The van der Waals surface area contributed by atoms with Crippen LogP contribution in [0.1, 0.15) is 10.7 Å². The van der Waals surface area contributed by atoms with Gasteiger partial charge in [-0.2, -0.15) is 0 Å². The predicted molar refractivity (Wildman–Crippen MR) is 68.4 cm³/mol. The molecule has 2 aromatic rings. The molecule has 2 N–H and O–H groups in total. The quantitative estimate of drug-likeness (QED) is 0.654. The minimum atomic E-state index is -1.05. The molecule has 0 saturated heterocycles. The number of aromatic nitrogens is 1. The van der Waals surface area contributed by atoms with Crippen molar-refractivity contribution in [1.82, 2.24) is 4.98 Å². The number of anilines is 1. The zero-order chi connectivity index (χ0) is 14.7. The Labute approximate surface area is 115 Å². The number of nitro groups is 1. The fourth-order valence-corrected chi connectivity index (χ4v) is 2.23. The van der Waals surface area contributed by atoms with E-state index < -0.39 is 27.9 Å². The average Bonchev–Trinajstić information content (AvgIpc) is 2.85. The summed E-state index contributed by atoms with van der Waals surface area (Å²) in [6.45, 7) is -0.160. The molecule has 0 radical (unpaired) electrons. The zero-order valence-electron chi connectivity index (χ0n) is 9.97. The summed E-state index contributed by atoms with van der Waals surface area (Å²) in [4.78, 5) is 13.6. The molecule has 1 aromatic heterocycles. The number of nitrogens with one attached hydrogen (secondary N) is 1. The number of halogens is 2. The summed E-state index contributed by atoms with van der Waals surface area (Å²) in [5.74, 6) is -2.09. The van der Waals surface area contributed by atoms with Gasteiger partial charge in [0.15, 0.2) is 11.6 Å². The van der Waals surface area contributed by atoms with Crippen molar-refractivity contribution in [2.75, 3.05) is 5.32 Å². The van der Waals surface area contributed by atoms with Crippen LogP contribution in [0.5, 0.6) is 0 Å². The number of benzene rings is 1. The van der Waals surface area contributed by atoms with E-state index in [2.05, 4.69) is 10.3 Å². The molecule has 0 amide bonds. The Bertz CT molecular complexity index is 625. The van der Waals surface area contributed by atoms with E-state index in [1.54, 1.807) is 5.38 Å². The molecule has 0 aliphatic rings. The highest BCUT2D eigenvalue weighted by molar-refractivity contribution is 7.09. The number of aliphatic hydroxyl groups is 1. The molecule has 0 atom stereocenters. The van der Waals surface area contributed by atoms with Crippen molar-refractivity contribution in [3.05, 3.63) is 50.0 Å². The number of thiazole rings is 1. The highest BCUT2D eigenvalue weighted by atomic mass is 32.1. The van der Waals surface area contributed by atoms with Gasteiger partial charge in [-0.05, 0) is 0 Å². The number of nitrogens with zero attached hydrogens (tertiary/aromatic N) is 2. The molecule has 6 nitrogen and oxygen atoms in total. The summed E-state index contributed by atoms with van der Waals surface area (Å²) in [7, 11) is 0. The first kappa shape index (κ1) is 14.3. The van der Waals surface area contributed by atoms with Gasteiger partial charge in [0, 0.05) is 5.38 Å². The van der Waals surface area contributed by atoms with Crippen LogP contribution < -0.4 is 5.32 Å². The highest BCUT2D eigenvalue weighted by Crippen LogP contribution is 2.25. The van der Waals surface area contributed by atoms with Crippen LogP contribution in [0.3, 0.4) is 0 Å². The Balaban J connectivity index is 2.15. The van der Waals surface area contributed by atoms with Crippen molar-refractivity contribution >= 4 is 22.7 Å². The maximum atomic E-state index is 13.6. The Morgan fingerprint density at radius 2 is 2.05 bits per heavy atom. The minimum absolute atomic E-state index is 0.0519. The maximum Gasteiger partial charge on any atom is 0.275 e. The van der Waals surface area contributed by atoms with Crippen molar-refractivity contribution < 1.29 is 18.8 Å². The largest absolute Gasteiger partial charge is 0.390 e. The zero-order valence-corrected chi connectivity index (χ0v) is 10.8. The first-order valence-electron chi connectivity index (χ1n) is 5.42. The summed E-state index contributed by atoms with van der Waals surface area (Å²) in [6.07, 6.45) is 0. The molecule has 2 rings (SSSR count). The lowest BCUT2D eigenvalue weighted by atomic mass is 10.2. The molecule has 0 fully saturated rings. The van der Waals surface area contributed by atoms with Crippen molar-refractivity contribution in [2.45, 2.75) is 13.2 Å². The summed E-state index contributed by atoms with van der Waals surface area (Å²) >= 11 is 1.23. The number of aliphatic hydroxyl groups excluding tert-OH is 1. The second-order valence-corrected chi connectivity index (χ2v) is 4.73. The Hall–Kier alpha value is -2.13. The molecule has 9 heteroatoms. The lowest BCUT2D eigenvalue weighted by molar-refractivity contribution is -0.385. The first-order valence-corrected chi connectivity index (χ1v) is 6.30. The van der Waals surface area contributed by atoms with E-state index >= 15 is 0 Å². The van der Waals surface area contributed by atoms with E-state index in [0.717, 1.165) is 0 Å². The van der Waals surface area contributed by atoms with Gasteiger partial charge in [-0.1, -0.05) is 0 Å². The third-order valence-corrected chi connectivity index (χ3v) is 3.31. The van der Waals surface area contributed by atoms with Gasteiger partial charge in [0.05, 0.1) is 35.9 Å². The Morgan fingerprint density at radius 3 is 2.55 bits per heavy atom. The minimum Gasteiger partial charge on any atom is -0.390 e. The van der Waals surface area contributed by atoms with Gasteiger partial charge in [0.2, 0.25) is 0 Å². The van der Waals surface area contributed by atoms with Crippen LogP contribution in [0.2, 0.25) is 0 Å². The maximum absolute atomic E-state index is 13.6. The summed E-state index contributed by atoms with van der Waals surface area (Å²) < 4.78 is 27.2. The summed E-state index contributed by atoms with van der Waals surface area (Å²) in [6, 6.07) is 1.29. The predicted octanol–water partition coefficient (Wildman–Crippen LogP) is 2.43. The van der Waals surface area contributed by atoms with Gasteiger partial charge in [0.1, 0.15) is 10.7 Å². The van der Waals surface area contributed by atoms with Gasteiger partial charge in [-0.3, -0.25) is 10.1 Å². The van der Waals surface area contributed by atoms with E-state index in [-0.39, 0.29) is 13.2 Å². The first-order chi connectivity index (χ1) is 9.51. The SMILES string of the molecule is O=[N+]([O-])c1cc(F)c(NCc2nc(CO)cs2)c(F)c1. The third kappa shape index (κ3) is 3.06. The molecule has 0 bridgehead atoms. The van der Waals surface area contributed by atoms with Crippen LogP contribution >= 0.6 is 11.3 Å². The number of hydrogen-bond acceptors (Lipinski definition) is 6. The Morgan fingerprint density at radius 1 is 1.40 bits per heavy atom. The van der Waals surface area contributed by atoms with Crippen molar-refractivity contribution in [3.8, 4) is 0 Å². The van der Waals surface area contributed by atoms with Crippen molar-refractivity contribution in [3.63, 3.8) is 0 Å². The molecule has 0 unspecified atom stereocenters. The van der Waals surface area contributed by atoms with Crippen LogP contribution in [0.15, 0.2) is 17.5 Å². The summed E-state index contributed by atoms with van der Waals surface area (Å²) in [5, 5.41) is 24.0. The molecule has 1 aromatic carbocycles. The number of rotatable bonds is 5. The monoisotopic (exact) mass is 301 g/mol. The lowest BCUT2D eigenvalue weighted by Crippen LogP contribution is -2.05. The van der Waals surface area contributed by atoms with Gasteiger partial charge < -0.3 is 10.4 Å². The molecule has 1 heterocycles. The lowest BCUT2D eigenvalue weighted by Gasteiger charge is -2.07. The molecule has 20 heavy (non-hydrogen) atoms. The van der Waals surface area contributed by atoms with Crippen LogP contribution in [-0.4, -0.2) is 15.0 Å². The van der Waals surface area contributed by atoms with Crippen LogP contribution in [-0.2, 0) is 13.2 Å². The van der Waals surface area contributed by atoms with E-state index in [4.69, 9.17) is 5.11 Å². The molecule has 106 valence electrons. The molecular weight excluding hydrogens is 292 g/mol. The Kier molecular flexibility index (Phi) is 4.20. The van der Waals surface area contributed by atoms with Gasteiger partial charge in [-0.15, -0.1) is 11.3 Å². The summed E-state index contributed by atoms with van der Waals surface area (Å²) in [5.41, 5.74) is -0.629. The third-order valence-electron chi connectivity index (χ3n) is 2.42. The highest BCUT2D eigenvalue weighted by Gasteiger charge is 2.17. The second-order valence-electron chi connectivity index (χ2n) is 3.79. The molecule has 0 spiro atoms. The topological polar surface area (TPSA) is 88.3 Å². The van der Waals surface area contributed by atoms with E-state index in [1.807, 2.05) is 0 Å². The van der Waals surface area contributed by atoms with Crippen LogP contribution in [0.25, 0.3) is 0 Å². The molecule has 0 aliphatic carbocycles. The van der Waals surface area contributed by atoms with E-state index in [9.17, 15) is 18.9 Å².